The Morgan fingerprint density at radius 1 is 0.482 bits per heavy atom. The summed E-state index contributed by atoms with van der Waals surface area (Å²) < 4.78 is 57.2. The molecule has 0 aliphatic carbocycles. The Bertz CT molecular complexity index is 1880. The monoisotopic (exact) mass is 1190 g/mol. The molecule has 1 heterocycles. The molecule has 0 fully saturated rings. The molecule has 7 amide bonds. The van der Waals surface area contributed by atoms with E-state index in [0.29, 0.717) is 144 Å². The maximum absolute atomic E-state index is 13.2. The highest BCUT2D eigenvalue weighted by Crippen LogP contribution is 2.26. The fourth-order valence-electron chi connectivity index (χ4n) is 8.35. The molecular weight excluding hydrogens is 1080 g/mol. The molecule has 1 aliphatic heterocycles. The molecule has 0 unspecified atom stereocenters. The van der Waals surface area contributed by atoms with Gasteiger partial charge in [-0.15, -0.1) is 0 Å². The van der Waals surface area contributed by atoms with Crippen LogP contribution in [0.25, 0.3) is 0 Å². The van der Waals surface area contributed by atoms with Gasteiger partial charge in [0.25, 0.3) is 11.8 Å². The van der Waals surface area contributed by atoms with Crippen LogP contribution < -0.4 is 21.3 Å². The van der Waals surface area contributed by atoms with Gasteiger partial charge in [0.15, 0.2) is 0 Å². The Morgan fingerprint density at radius 2 is 0.843 bits per heavy atom. The number of hydrogen-bond donors (Lipinski definition) is 4. The number of hydrogen-bond acceptors (Lipinski definition) is 17. The number of amides is 7. The van der Waals surface area contributed by atoms with Crippen molar-refractivity contribution in [2.45, 2.75) is 170 Å². The zero-order valence-corrected chi connectivity index (χ0v) is 53.2. The average Bonchev–Trinajstić information content (AvgIpc) is 3.74. The van der Waals surface area contributed by atoms with Crippen LogP contribution in [0.5, 0.6) is 0 Å². The minimum absolute atomic E-state index is 0.0167. The van der Waals surface area contributed by atoms with Crippen molar-refractivity contribution in [3.63, 3.8) is 0 Å². The summed E-state index contributed by atoms with van der Waals surface area (Å²) in [5.41, 5.74) is -2.18. The highest BCUT2D eigenvalue weighted by atomic mass is 16.6. The van der Waals surface area contributed by atoms with Gasteiger partial charge in [0.05, 0.1) is 117 Å². The Labute approximate surface area is 497 Å². The van der Waals surface area contributed by atoms with E-state index < -0.39 is 39.5 Å². The van der Waals surface area contributed by atoms with E-state index in [1.807, 2.05) is 76.2 Å². The van der Waals surface area contributed by atoms with E-state index in [0.717, 1.165) is 11.3 Å². The van der Waals surface area contributed by atoms with Crippen molar-refractivity contribution in [2.75, 3.05) is 152 Å². The van der Waals surface area contributed by atoms with Gasteiger partial charge in [-0.25, -0.2) is 0 Å². The second-order valence-electron chi connectivity index (χ2n) is 24.2. The minimum Gasteiger partial charge on any atom is -0.379 e. The third kappa shape index (κ3) is 40.7. The first-order valence-corrected chi connectivity index (χ1v) is 30.0. The number of carbonyl (C=O) groups excluding carboxylic acids is 7. The fraction of sp³-hybridized carbons (Fsp3) is 0.850. The number of nitrogens with one attached hydrogen (secondary N) is 4. The molecule has 0 atom stereocenters. The predicted octanol–water partition coefficient (Wildman–Crippen LogP) is 4.70. The van der Waals surface area contributed by atoms with Gasteiger partial charge < -0.3 is 73.5 Å². The van der Waals surface area contributed by atoms with Crippen molar-refractivity contribution in [2.24, 2.45) is 11.3 Å². The van der Waals surface area contributed by atoms with Crippen LogP contribution in [-0.2, 0) is 80.9 Å². The number of rotatable bonds is 53. The summed E-state index contributed by atoms with van der Waals surface area (Å²) in [4.78, 5) is 89.2. The molecule has 0 saturated carbocycles. The van der Waals surface area contributed by atoms with E-state index in [4.69, 9.17) is 47.4 Å². The smallest absolute Gasteiger partial charge is 0.253 e. The molecule has 0 bridgehead atoms. The summed E-state index contributed by atoms with van der Waals surface area (Å²) in [6, 6.07) is 0. The molecule has 1 aliphatic rings. The summed E-state index contributed by atoms with van der Waals surface area (Å²) in [5.74, 6) is -0.862. The second kappa shape index (κ2) is 42.6. The summed E-state index contributed by atoms with van der Waals surface area (Å²) in [5, 5.41) is 12.0. The Kier molecular flexibility index (Phi) is 39.5. The number of imide groups is 1. The van der Waals surface area contributed by atoms with E-state index >= 15 is 0 Å². The number of carbonyl (C=O) groups is 7. The SMILES string of the molecule is CCC(=O)NCCC(C)(C)OCCC(C)(C)NC(=O)CCOCCOCCOCCOCCN(CCOCCOCCOCCOCCC(=O)NC(C)(C)CCOC(C)(C)CCNC(=O)C(C)(C)CC(C)C)C(=O)CCN1C(=O)C=CC1=O. The molecule has 482 valence electrons. The predicted molar refractivity (Wildman–Crippen MR) is 315 cm³/mol. The van der Waals surface area contributed by atoms with E-state index in [1.165, 1.54) is 12.2 Å². The quantitative estimate of drug-likeness (QED) is 0.0475. The highest BCUT2D eigenvalue weighted by Gasteiger charge is 2.30. The van der Waals surface area contributed by atoms with Crippen molar-refractivity contribution in [3.05, 3.63) is 12.2 Å². The molecule has 83 heavy (non-hydrogen) atoms. The van der Waals surface area contributed by atoms with Crippen LogP contribution in [0.4, 0.5) is 0 Å². The van der Waals surface area contributed by atoms with Crippen molar-refractivity contribution < 1.29 is 80.9 Å². The van der Waals surface area contributed by atoms with Crippen LogP contribution in [0.3, 0.4) is 0 Å². The lowest BCUT2D eigenvalue weighted by Crippen LogP contribution is -2.45. The zero-order chi connectivity index (χ0) is 62.2. The molecule has 0 aromatic heterocycles. The molecule has 1 rings (SSSR count). The first-order chi connectivity index (χ1) is 39.1. The summed E-state index contributed by atoms with van der Waals surface area (Å²) in [6.45, 7) is 33.3. The van der Waals surface area contributed by atoms with Gasteiger partial charge in [-0.2, -0.15) is 0 Å². The van der Waals surface area contributed by atoms with Crippen LogP contribution in [0.15, 0.2) is 12.2 Å². The Morgan fingerprint density at radius 3 is 1.22 bits per heavy atom. The van der Waals surface area contributed by atoms with Gasteiger partial charge in [-0.3, -0.25) is 38.5 Å². The fourth-order valence-corrected chi connectivity index (χ4v) is 8.35. The van der Waals surface area contributed by atoms with Gasteiger partial charge in [-0.1, -0.05) is 34.6 Å². The van der Waals surface area contributed by atoms with Gasteiger partial charge in [0.1, 0.15) is 0 Å². The normalized spacial score (nSPS) is 13.3. The van der Waals surface area contributed by atoms with Crippen molar-refractivity contribution in [1.29, 1.82) is 0 Å². The molecule has 0 aromatic carbocycles. The van der Waals surface area contributed by atoms with Crippen LogP contribution in [0.2, 0.25) is 0 Å². The lowest BCUT2D eigenvalue weighted by molar-refractivity contribution is -0.139. The maximum atomic E-state index is 13.2. The molecule has 23 heteroatoms. The molecule has 0 spiro atoms. The number of nitrogens with zero attached hydrogens (tertiary/aromatic N) is 2. The minimum atomic E-state index is -0.472. The van der Waals surface area contributed by atoms with Crippen molar-refractivity contribution in [1.82, 2.24) is 31.1 Å². The zero-order valence-electron chi connectivity index (χ0n) is 53.2. The standard InChI is InChI=1S/C60H110N6O17/c1-14-49(67)61-24-20-59(10,11)82-31-22-57(6,7)63-50(68)18-29-74-35-39-78-43-45-80-41-37-76-33-27-65(52(70)17-26-66-53(71)15-16-54(66)72)28-34-77-38-42-81-46-44-79-40-36-75-30-19-51(69)64-58(8,9)23-32-83-60(12,13)21-25-62-55(73)56(4,5)47-48(2)3/h15-16,48H,14,17-47H2,1-13H3,(H,61,67)(H,62,73)(H,63,68)(H,64,69). The topological polar surface area (TPSA) is 266 Å². The molecule has 0 aromatic rings. The van der Waals surface area contributed by atoms with E-state index in [2.05, 4.69) is 35.1 Å². The first-order valence-electron chi connectivity index (χ1n) is 30.0. The first kappa shape index (κ1) is 76.8. The molecule has 0 saturated heterocycles. The lowest BCUT2D eigenvalue weighted by Gasteiger charge is -2.31. The molecule has 23 nitrogen and oxygen atoms in total. The second-order valence-corrected chi connectivity index (χ2v) is 24.2. The van der Waals surface area contributed by atoms with Crippen LogP contribution in [0, 0.1) is 11.3 Å². The largest absolute Gasteiger partial charge is 0.379 e. The summed E-state index contributed by atoms with van der Waals surface area (Å²) in [6.07, 6.45) is 6.65. The number of ether oxygens (including phenoxy) is 10. The van der Waals surface area contributed by atoms with Crippen molar-refractivity contribution >= 4 is 41.4 Å². The molecule has 4 N–H and O–H groups in total. The summed E-state index contributed by atoms with van der Waals surface area (Å²) >= 11 is 0. The van der Waals surface area contributed by atoms with Gasteiger partial charge in [0.2, 0.25) is 29.5 Å². The van der Waals surface area contributed by atoms with Crippen LogP contribution in [0.1, 0.15) is 148 Å². The Balaban J connectivity index is 2.19. The third-order valence-electron chi connectivity index (χ3n) is 13.3. The van der Waals surface area contributed by atoms with Gasteiger partial charge >= 0.3 is 0 Å². The van der Waals surface area contributed by atoms with Crippen LogP contribution >= 0.6 is 0 Å². The maximum Gasteiger partial charge on any atom is 0.253 e. The molecular formula is C60H110N6O17. The van der Waals surface area contributed by atoms with E-state index in [9.17, 15) is 33.6 Å². The molecule has 0 radical (unpaired) electrons. The third-order valence-corrected chi connectivity index (χ3v) is 13.3. The van der Waals surface area contributed by atoms with E-state index in [1.54, 1.807) is 4.90 Å². The lowest BCUT2D eigenvalue weighted by atomic mass is 9.83. The highest BCUT2D eigenvalue weighted by molar-refractivity contribution is 6.13. The van der Waals surface area contributed by atoms with E-state index in [-0.39, 0.29) is 94.9 Å². The summed E-state index contributed by atoms with van der Waals surface area (Å²) in [7, 11) is 0. The van der Waals surface area contributed by atoms with Crippen molar-refractivity contribution in [3.8, 4) is 0 Å². The average molecular weight is 1190 g/mol. The van der Waals surface area contributed by atoms with Crippen LogP contribution in [-0.4, -0.2) is 225 Å². The van der Waals surface area contributed by atoms with Gasteiger partial charge in [0, 0.05) is 100 Å². The Hall–Kier alpha value is -4.17. The van der Waals surface area contributed by atoms with Gasteiger partial charge in [-0.05, 0) is 93.4 Å².